The number of carbonyl (C=O) groups is 1. The van der Waals surface area contributed by atoms with E-state index >= 15 is 0 Å². The number of anilines is 1. The van der Waals surface area contributed by atoms with E-state index in [1.54, 1.807) is 12.3 Å². The predicted octanol–water partition coefficient (Wildman–Crippen LogP) is 3.36. The zero-order chi connectivity index (χ0) is 16.8. The zero-order valence-corrected chi connectivity index (χ0v) is 13.8. The van der Waals surface area contributed by atoms with Crippen LogP contribution in [-0.2, 0) is 6.42 Å². The molecule has 0 unspecified atom stereocenters. The second-order valence-electron chi connectivity index (χ2n) is 5.72. The number of benzene rings is 1. The van der Waals surface area contributed by atoms with Gasteiger partial charge in [0.1, 0.15) is 5.69 Å². The molecule has 24 heavy (non-hydrogen) atoms. The number of pyridine rings is 1. The Morgan fingerprint density at radius 1 is 1.21 bits per heavy atom. The fourth-order valence-corrected chi connectivity index (χ4v) is 2.67. The van der Waals surface area contributed by atoms with E-state index in [1.807, 2.05) is 24.4 Å². The Kier molecular flexibility index (Phi) is 5.11. The number of hydrogen-bond donors (Lipinski definition) is 3. The Balaban J connectivity index is 1.57. The molecule has 0 aliphatic rings. The molecule has 5 heteroatoms. The van der Waals surface area contributed by atoms with E-state index in [-0.39, 0.29) is 5.91 Å². The highest BCUT2D eigenvalue weighted by Crippen LogP contribution is 2.17. The van der Waals surface area contributed by atoms with Crippen molar-refractivity contribution in [3.05, 3.63) is 60.0 Å². The molecule has 0 spiro atoms. The molecular weight excluding hydrogens is 300 g/mol. The summed E-state index contributed by atoms with van der Waals surface area (Å²) in [7, 11) is 0. The second-order valence-corrected chi connectivity index (χ2v) is 5.72. The number of amides is 1. The molecule has 0 aliphatic carbocycles. The molecule has 3 aromatic rings. The van der Waals surface area contributed by atoms with Crippen LogP contribution in [0, 0.1) is 0 Å². The molecule has 3 N–H and O–H groups in total. The van der Waals surface area contributed by atoms with Crippen LogP contribution < -0.4 is 10.6 Å². The summed E-state index contributed by atoms with van der Waals surface area (Å²) in [5, 5.41) is 7.41. The van der Waals surface area contributed by atoms with Crippen molar-refractivity contribution in [3.63, 3.8) is 0 Å². The molecule has 1 amide bonds. The molecule has 0 radical (unpaired) electrons. The van der Waals surface area contributed by atoms with Crippen molar-refractivity contribution in [2.24, 2.45) is 0 Å². The minimum Gasteiger partial charge on any atom is -0.385 e. The van der Waals surface area contributed by atoms with Crippen molar-refractivity contribution in [1.82, 2.24) is 15.3 Å². The molecule has 2 heterocycles. The number of H-pyrrole nitrogens is 1. The summed E-state index contributed by atoms with van der Waals surface area (Å²) in [5.74, 6) is -0.144. The standard InChI is InChI=1S/C19H22N4O/c1-2-9-20-15-8-11-21-18(12-15)19(24)22-10-7-14-13-23-17-6-4-3-5-16(14)17/h3-6,8,11-13,23H,2,7,9-10H2,1H3,(H,20,21)(H,22,24). The molecule has 0 saturated carbocycles. The Labute approximate surface area is 141 Å². The third kappa shape index (κ3) is 3.74. The fraction of sp³-hybridized carbons (Fsp3) is 0.263. The summed E-state index contributed by atoms with van der Waals surface area (Å²) in [5.41, 5.74) is 3.69. The number of carbonyl (C=O) groups excluding carboxylic acids is 1. The number of hydrogen-bond acceptors (Lipinski definition) is 3. The molecule has 0 atom stereocenters. The first-order valence-corrected chi connectivity index (χ1v) is 8.31. The van der Waals surface area contributed by atoms with Gasteiger partial charge < -0.3 is 15.6 Å². The number of nitrogens with one attached hydrogen (secondary N) is 3. The van der Waals surface area contributed by atoms with Gasteiger partial charge >= 0.3 is 0 Å². The van der Waals surface area contributed by atoms with Crippen LogP contribution >= 0.6 is 0 Å². The number of aromatic nitrogens is 2. The monoisotopic (exact) mass is 322 g/mol. The molecule has 0 aliphatic heterocycles. The molecule has 5 nitrogen and oxygen atoms in total. The summed E-state index contributed by atoms with van der Waals surface area (Å²) in [6, 6.07) is 11.8. The minimum atomic E-state index is -0.144. The lowest BCUT2D eigenvalue weighted by atomic mass is 10.1. The fourth-order valence-electron chi connectivity index (χ4n) is 2.67. The highest BCUT2D eigenvalue weighted by molar-refractivity contribution is 5.93. The quantitative estimate of drug-likeness (QED) is 0.625. The molecule has 2 aromatic heterocycles. The van der Waals surface area contributed by atoms with Crippen molar-refractivity contribution < 1.29 is 4.79 Å². The van der Waals surface area contributed by atoms with Crippen LogP contribution in [-0.4, -0.2) is 29.0 Å². The molecule has 1 aromatic carbocycles. The van der Waals surface area contributed by atoms with Crippen molar-refractivity contribution in [1.29, 1.82) is 0 Å². The van der Waals surface area contributed by atoms with E-state index < -0.39 is 0 Å². The normalized spacial score (nSPS) is 10.7. The molecular formula is C19H22N4O. The Morgan fingerprint density at radius 2 is 2.08 bits per heavy atom. The van der Waals surface area contributed by atoms with Crippen molar-refractivity contribution in [2.75, 3.05) is 18.4 Å². The highest BCUT2D eigenvalue weighted by Gasteiger charge is 2.08. The third-order valence-electron chi connectivity index (χ3n) is 3.93. The lowest BCUT2D eigenvalue weighted by molar-refractivity contribution is 0.0949. The summed E-state index contributed by atoms with van der Waals surface area (Å²) in [4.78, 5) is 19.7. The van der Waals surface area contributed by atoms with E-state index in [9.17, 15) is 4.79 Å². The van der Waals surface area contributed by atoms with Crippen LogP contribution in [0.3, 0.4) is 0 Å². The van der Waals surface area contributed by atoms with Gasteiger partial charge in [-0.3, -0.25) is 9.78 Å². The Bertz CT molecular complexity index is 825. The van der Waals surface area contributed by atoms with Gasteiger partial charge in [0.15, 0.2) is 0 Å². The van der Waals surface area contributed by atoms with E-state index in [0.29, 0.717) is 12.2 Å². The number of nitrogens with zero attached hydrogens (tertiary/aromatic N) is 1. The first-order chi connectivity index (χ1) is 11.8. The number of rotatable bonds is 7. The van der Waals surface area contributed by atoms with Crippen LogP contribution in [0.25, 0.3) is 10.9 Å². The summed E-state index contributed by atoms with van der Waals surface area (Å²) in [6.45, 7) is 3.56. The smallest absolute Gasteiger partial charge is 0.269 e. The maximum absolute atomic E-state index is 12.3. The van der Waals surface area contributed by atoms with E-state index in [2.05, 4.69) is 39.7 Å². The first kappa shape index (κ1) is 16.1. The zero-order valence-electron chi connectivity index (χ0n) is 13.8. The average Bonchev–Trinajstić information content (AvgIpc) is 3.03. The maximum atomic E-state index is 12.3. The lowest BCUT2D eigenvalue weighted by Gasteiger charge is -2.07. The highest BCUT2D eigenvalue weighted by atomic mass is 16.1. The van der Waals surface area contributed by atoms with Gasteiger partial charge in [-0.15, -0.1) is 0 Å². The van der Waals surface area contributed by atoms with E-state index in [1.165, 1.54) is 10.9 Å². The molecule has 3 rings (SSSR count). The van der Waals surface area contributed by atoms with Gasteiger partial charge in [0, 0.05) is 42.1 Å². The Hall–Kier alpha value is -2.82. The van der Waals surface area contributed by atoms with Crippen LogP contribution in [0.4, 0.5) is 5.69 Å². The topological polar surface area (TPSA) is 69.8 Å². The van der Waals surface area contributed by atoms with Crippen LogP contribution in [0.2, 0.25) is 0 Å². The van der Waals surface area contributed by atoms with Gasteiger partial charge in [-0.1, -0.05) is 25.1 Å². The third-order valence-corrected chi connectivity index (χ3v) is 3.93. The van der Waals surface area contributed by atoms with Gasteiger partial charge in [0.05, 0.1) is 0 Å². The van der Waals surface area contributed by atoms with E-state index in [4.69, 9.17) is 0 Å². The van der Waals surface area contributed by atoms with Gasteiger partial charge in [-0.25, -0.2) is 0 Å². The summed E-state index contributed by atoms with van der Waals surface area (Å²) >= 11 is 0. The van der Waals surface area contributed by atoms with Crippen LogP contribution in [0.15, 0.2) is 48.8 Å². The van der Waals surface area contributed by atoms with Crippen LogP contribution in [0.1, 0.15) is 29.4 Å². The minimum absolute atomic E-state index is 0.144. The number of para-hydroxylation sites is 1. The van der Waals surface area contributed by atoms with E-state index in [0.717, 1.165) is 30.6 Å². The number of fused-ring (bicyclic) bond motifs is 1. The molecule has 0 fully saturated rings. The average molecular weight is 322 g/mol. The number of aromatic amines is 1. The predicted molar refractivity (Wildman–Crippen MR) is 97.4 cm³/mol. The molecule has 0 saturated heterocycles. The molecule has 124 valence electrons. The summed E-state index contributed by atoms with van der Waals surface area (Å²) < 4.78 is 0. The van der Waals surface area contributed by atoms with Gasteiger partial charge in [-0.2, -0.15) is 0 Å². The SMILES string of the molecule is CCCNc1ccnc(C(=O)NCCc2c[nH]c3ccccc23)c1. The lowest BCUT2D eigenvalue weighted by Crippen LogP contribution is -2.26. The van der Waals surface area contributed by atoms with Crippen molar-refractivity contribution >= 4 is 22.5 Å². The van der Waals surface area contributed by atoms with Gasteiger partial charge in [0.25, 0.3) is 5.91 Å². The van der Waals surface area contributed by atoms with Crippen molar-refractivity contribution in [3.8, 4) is 0 Å². The molecule has 0 bridgehead atoms. The Morgan fingerprint density at radius 3 is 2.96 bits per heavy atom. The second kappa shape index (κ2) is 7.64. The van der Waals surface area contributed by atoms with Gasteiger partial charge in [0.2, 0.25) is 0 Å². The first-order valence-electron chi connectivity index (χ1n) is 8.31. The van der Waals surface area contributed by atoms with Gasteiger partial charge in [-0.05, 0) is 36.6 Å². The van der Waals surface area contributed by atoms with Crippen LogP contribution in [0.5, 0.6) is 0 Å². The largest absolute Gasteiger partial charge is 0.385 e. The van der Waals surface area contributed by atoms with Crippen molar-refractivity contribution in [2.45, 2.75) is 19.8 Å². The maximum Gasteiger partial charge on any atom is 0.269 e. The summed E-state index contributed by atoms with van der Waals surface area (Å²) in [6.07, 6.45) is 5.48.